The molecule has 0 heterocycles. The van der Waals surface area contributed by atoms with Crippen LogP contribution in [-0.2, 0) is 32.7 Å². The van der Waals surface area contributed by atoms with Gasteiger partial charge in [-0.2, -0.15) is 0 Å². The lowest BCUT2D eigenvalue weighted by Crippen LogP contribution is -2.29. The van der Waals surface area contributed by atoms with E-state index >= 15 is 0 Å². The second kappa shape index (κ2) is 62.1. The van der Waals surface area contributed by atoms with Crippen molar-refractivity contribution in [2.45, 2.75) is 290 Å². The summed E-state index contributed by atoms with van der Waals surface area (Å²) in [6.45, 7) is 3.62. The summed E-state index contributed by atoms with van der Waals surface area (Å²) < 4.78 is 33.1. The Morgan fingerprint density at radius 2 is 0.714 bits per heavy atom. The Morgan fingerprint density at radius 1 is 0.403 bits per heavy atom. The van der Waals surface area contributed by atoms with Crippen LogP contribution in [0.1, 0.15) is 284 Å². The van der Waals surface area contributed by atoms with Crippen LogP contribution < -0.4 is 5.73 Å². The van der Waals surface area contributed by atoms with Gasteiger partial charge in [-0.25, -0.2) is 4.57 Å². The SMILES string of the molecule is CC/C=C\C/C=C\C/C=C\C/C=C\C/C=C\CCCCCCCCCCCCCCCCCCCCCC(=O)OC(COC(=O)CCCCCCCC/C=C\C/C=C\C/C=C\CCCCCCC)COP(=O)(O)OCCN. The first-order valence-corrected chi connectivity index (χ1v) is 33.2. The van der Waals surface area contributed by atoms with Crippen LogP contribution in [0.3, 0.4) is 0 Å². The Balaban J connectivity index is 3.90. The molecule has 444 valence electrons. The number of unbranched alkanes of at least 4 members (excludes halogenated alkanes) is 30. The van der Waals surface area contributed by atoms with Gasteiger partial charge in [0.1, 0.15) is 6.61 Å². The lowest BCUT2D eigenvalue weighted by Gasteiger charge is -2.19. The minimum atomic E-state index is -4.40. The van der Waals surface area contributed by atoms with Crippen molar-refractivity contribution in [2.75, 3.05) is 26.4 Å². The van der Waals surface area contributed by atoms with Crippen LogP contribution >= 0.6 is 7.82 Å². The predicted molar refractivity (Wildman–Crippen MR) is 330 cm³/mol. The topological polar surface area (TPSA) is 134 Å². The van der Waals surface area contributed by atoms with Crippen LogP contribution in [0.4, 0.5) is 0 Å². The molecule has 2 atom stereocenters. The standard InChI is InChI=1S/C67H118NO8P/c1-3-5-7-9-11-13-15-17-19-21-23-25-26-27-28-29-30-31-32-33-34-35-36-37-38-40-42-44-46-48-50-52-54-56-58-60-67(70)76-65(64-75-77(71,72)74-62-61-68)63-73-66(69)59-57-55-53-51-49-47-45-43-41-39-24-22-20-18-16-14-12-10-8-6-4-2/h5,7,11,13,16-19,22-25,27-28,41,43,65H,3-4,6,8-10,12,14-15,20-21,26,29-40,42,44-64,68H2,1-2H3,(H,71,72)/b7-5-,13-11-,18-16-,19-17-,24-22-,25-23-,28-27-,43-41-. The molecule has 0 aromatic rings. The van der Waals surface area contributed by atoms with Crippen LogP contribution in [0.2, 0.25) is 0 Å². The summed E-state index contributed by atoms with van der Waals surface area (Å²) in [7, 11) is -4.40. The lowest BCUT2D eigenvalue weighted by molar-refractivity contribution is -0.161. The third kappa shape index (κ3) is 62.0. The van der Waals surface area contributed by atoms with Gasteiger partial charge in [-0.3, -0.25) is 18.6 Å². The van der Waals surface area contributed by atoms with Crippen LogP contribution in [0.15, 0.2) is 97.2 Å². The van der Waals surface area contributed by atoms with Gasteiger partial charge in [0.25, 0.3) is 0 Å². The number of nitrogens with two attached hydrogens (primary N) is 1. The third-order valence-corrected chi connectivity index (χ3v) is 14.4. The summed E-state index contributed by atoms with van der Waals surface area (Å²) in [5, 5.41) is 0. The van der Waals surface area contributed by atoms with E-state index in [-0.39, 0.29) is 32.6 Å². The first kappa shape index (κ1) is 73.9. The van der Waals surface area contributed by atoms with E-state index in [1.807, 2.05) is 0 Å². The number of phosphoric acid groups is 1. The quantitative estimate of drug-likeness (QED) is 0.0264. The summed E-state index contributed by atoms with van der Waals surface area (Å²) in [5.74, 6) is -0.837. The van der Waals surface area contributed by atoms with Gasteiger partial charge in [-0.05, 0) is 96.3 Å². The van der Waals surface area contributed by atoms with Gasteiger partial charge in [-0.1, -0.05) is 272 Å². The number of phosphoric ester groups is 1. The van der Waals surface area contributed by atoms with Gasteiger partial charge in [0, 0.05) is 19.4 Å². The zero-order valence-corrected chi connectivity index (χ0v) is 50.6. The maximum absolute atomic E-state index is 12.7. The molecular weight excluding hydrogens is 978 g/mol. The zero-order chi connectivity index (χ0) is 55.9. The number of carbonyl (C=O) groups is 2. The van der Waals surface area contributed by atoms with E-state index in [0.29, 0.717) is 6.42 Å². The van der Waals surface area contributed by atoms with Crippen LogP contribution in [0.5, 0.6) is 0 Å². The Morgan fingerprint density at radius 3 is 1.06 bits per heavy atom. The zero-order valence-electron chi connectivity index (χ0n) is 49.7. The Kier molecular flexibility index (Phi) is 59.7. The van der Waals surface area contributed by atoms with E-state index in [1.54, 1.807) is 0 Å². The van der Waals surface area contributed by atoms with Gasteiger partial charge < -0.3 is 20.1 Å². The third-order valence-electron chi connectivity index (χ3n) is 13.5. The summed E-state index contributed by atoms with van der Waals surface area (Å²) in [6.07, 6.45) is 83.4. The second-order valence-corrected chi connectivity index (χ2v) is 22.3. The van der Waals surface area contributed by atoms with Crippen molar-refractivity contribution in [3.8, 4) is 0 Å². The van der Waals surface area contributed by atoms with E-state index in [0.717, 1.165) is 96.3 Å². The first-order valence-electron chi connectivity index (χ1n) is 31.7. The summed E-state index contributed by atoms with van der Waals surface area (Å²) >= 11 is 0. The highest BCUT2D eigenvalue weighted by Crippen LogP contribution is 2.43. The van der Waals surface area contributed by atoms with E-state index in [2.05, 4.69) is 111 Å². The van der Waals surface area contributed by atoms with Gasteiger partial charge in [0.05, 0.1) is 13.2 Å². The van der Waals surface area contributed by atoms with E-state index in [1.165, 1.54) is 154 Å². The number of allylic oxidation sites excluding steroid dienone is 16. The largest absolute Gasteiger partial charge is 0.472 e. The molecule has 0 saturated heterocycles. The number of ether oxygens (including phenoxy) is 2. The fraction of sp³-hybridized carbons (Fsp3) is 0.731. The molecule has 77 heavy (non-hydrogen) atoms. The summed E-state index contributed by atoms with van der Waals surface area (Å²) in [6, 6.07) is 0. The molecule has 0 fully saturated rings. The van der Waals surface area contributed by atoms with Crippen LogP contribution in [0.25, 0.3) is 0 Å². The molecule has 0 aromatic heterocycles. The number of hydrogen-bond donors (Lipinski definition) is 2. The molecule has 0 saturated carbocycles. The highest BCUT2D eigenvalue weighted by Gasteiger charge is 2.26. The number of carbonyl (C=O) groups excluding carboxylic acids is 2. The second-order valence-electron chi connectivity index (χ2n) is 20.9. The molecule has 0 radical (unpaired) electrons. The van der Waals surface area contributed by atoms with E-state index in [4.69, 9.17) is 24.3 Å². The predicted octanol–water partition coefficient (Wildman–Crippen LogP) is 20.4. The molecule has 10 heteroatoms. The normalized spacial score (nSPS) is 13.7. The van der Waals surface area contributed by atoms with Crippen LogP contribution in [0, 0.1) is 0 Å². The molecule has 0 spiro atoms. The monoisotopic (exact) mass is 1100 g/mol. The van der Waals surface area contributed by atoms with Crippen molar-refractivity contribution in [2.24, 2.45) is 5.73 Å². The minimum absolute atomic E-state index is 0.0489. The van der Waals surface area contributed by atoms with E-state index in [9.17, 15) is 19.0 Å². The molecule has 0 aliphatic heterocycles. The molecular formula is C67H118NO8P. The highest BCUT2D eigenvalue weighted by atomic mass is 31.2. The van der Waals surface area contributed by atoms with E-state index < -0.39 is 32.5 Å². The highest BCUT2D eigenvalue weighted by molar-refractivity contribution is 7.47. The average molecular weight is 1100 g/mol. The minimum Gasteiger partial charge on any atom is -0.462 e. The van der Waals surface area contributed by atoms with Crippen molar-refractivity contribution < 1.29 is 37.6 Å². The van der Waals surface area contributed by atoms with Crippen molar-refractivity contribution in [3.05, 3.63) is 97.2 Å². The Bertz CT molecular complexity index is 1580. The summed E-state index contributed by atoms with van der Waals surface area (Å²) in [4.78, 5) is 35.2. The van der Waals surface area contributed by atoms with Crippen molar-refractivity contribution >= 4 is 19.8 Å². The molecule has 0 aromatic carbocycles. The van der Waals surface area contributed by atoms with Gasteiger partial charge in [0.15, 0.2) is 6.10 Å². The van der Waals surface area contributed by atoms with Crippen molar-refractivity contribution in [1.29, 1.82) is 0 Å². The molecule has 9 nitrogen and oxygen atoms in total. The molecule has 0 bridgehead atoms. The average Bonchev–Trinajstić information content (AvgIpc) is 3.42. The fourth-order valence-electron chi connectivity index (χ4n) is 8.79. The number of hydrogen-bond acceptors (Lipinski definition) is 8. The molecule has 3 N–H and O–H groups in total. The lowest BCUT2D eigenvalue weighted by atomic mass is 10.0. The Labute approximate surface area is 474 Å². The molecule has 0 aliphatic rings. The first-order chi connectivity index (χ1) is 37.8. The summed E-state index contributed by atoms with van der Waals surface area (Å²) in [5.41, 5.74) is 5.39. The van der Waals surface area contributed by atoms with Crippen molar-refractivity contribution in [1.82, 2.24) is 0 Å². The number of rotatable bonds is 59. The maximum atomic E-state index is 12.7. The van der Waals surface area contributed by atoms with Crippen molar-refractivity contribution in [3.63, 3.8) is 0 Å². The van der Waals surface area contributed by atoms with Gasteiger partial charge in [0.2, 0.25) is 0 Å². The van der Waals surface area contributed by atoms with Gasteiger partial charge in [-0.15, -0.1) is 0 Å². The Hall–Kier alpha value is -3.07. The fourth-order valence-corrected chi connectivity index (χ4v) is 9.55. The molecule has 2 unspecified atom stereocenters. The molecule has 0 rings (SSSR count). The van der Waals surface area contributed by atoms with Gasteiger partial charge >= 0.3 is 19.8 Å². The molecule has 0 amide bonds. The molecule has 0 aliphatic carbocycles. The maximum Gasteiger partial charge on any atom is 0.472 e. The smallest absolute Gasteiger partial charge is 0.462 e. The van der Waals surface area contributed by atoms with Crippen LogP contribution in [-0.4, -0.2) is 49.3 Å². The number of esters is 2.